The van der Waals surface area contributed by atoms with Gasteiger partial charge in [0, 0.05) is 24.2 Å². The predicted octanol–water partition coefficient (Wildman–Crippen LogP) is 1.37. The summed E-state index contributed by atoms with van der Waals surface area (Å²) in [5.74, 6) is 0.0503. The first kappa shape index (κ1) is 16.3. The topological polar surface area (TPSA) is 94.4 Å². The van der Waals surface area contributed by atoms with E-state index >= 15 is 0 Å². The Bertz CT molecular complexity index is 711. The Balaban J connectivity index is 2.35. The minimum absolute atomic E-state index is 0.0645. The molecule has 0 aliphatic carbocycles. The molecule has 1 aliphatic heterocycles. The van der Waals surface area contributed by atoms with Crippen LogP contribution >= 0.6 is 0 Å². The van der Waals surface area contributed by atoms with E-state index in [0.717, 1.165) is 0 Å². The van der Waals surface area contributed by atoms with Crippen LogP contribution in [0.4, 0.5) is 0 Å². The minimum atomic E-state index is -3.93. The summed E-state index contributed by atoms with van der Waals surface area (Å²) in [6.45, 7) is 6.91. The van der Waals surface area contributed by atoms with Crippen LogP contribution in [0.2, 0.25) is 0 Å². The van der Waals surface area contributed by atoms with Crippen LogP contribution in [0, 0.1) is 5.41 Å². The molecule has 0 saturated heterocycles. The van der Waals surface area contributed by atoms with Crippen molar-refractivity contribution in [2.75, 3.05) is 13.1 Å². The van der Waals surface area contributed by atoms with E-state index in [1.807, 2.05) is 20.8 Å². The van der Waals surface area contributed by atoms with Crippen LogP contribution in [-0.2, 0) is 10.0 Å². The monoisotopic (exact) mass is 324 g/mol. The number of rotatable bonds is 3. The van der Waals surface area contributed by atoms with Crippen molar-refractivity contribution in [3.05, 3.63) is 24.3 Å². The maximum atomic E-state index is 12.4. The van der Waals surface area contributed by atoms with Crippen molar-refractivity contribution >= 4 is 22.2 Å². The number of aromatic hydroxyl groups is 1. The molecule has 1 heterocycles. The summed E-state index contributed by atoms with van der Waals surface area (Å²) in [6, 6.07) is 5.42. The number of guanidine groups is 1. The molecule has 1 aromatic carbocycles. The number of phenolic OH excluding ortho intramolecular Hbond substituents is 1. The highest BCUT2D eigenvalue weighted by atomic mass is 32.2. The third-order valence-corrected chi connectivity index (χ3v) is 4.27. The van der Waals surface area contributed by atoms with Gasteiger partial charge < -0.3 is 10.4 Å². The van der Waals surface area contributed by atoms with Crippen LogP contribution < -0.4 is 5.32 Å². The molecule has 0 spiro atoms. The zero-order valence-corrected chi connectivity index (χ0v) is 13.6. The van der Waals surface area contributed by atoms with Crippen molar-refractivity contribution < 1.29 is 13.5 Å². The fourth-order valence-corrected chi connectivity index (χ4v) is 2.97. The molecule has 0 bridgehead atoms. The number of nitrogens with one attached hydrogen (secondary N) is 1. The Morgan fingerprint density at radius 1 is 1.50 bits per heavy atom. The van der Waals surface area contributed by atoms with E-state index in [1.54, 1.807) is 6.21 Å². The number of nitrogens with zero attached hydrogens (tertiary/aromatic N) is 3. The van der Waals surface area contributed by atoms with Crippen LogP contribution in [-0.4, -0.2) is 43.8 Å². The van der Waals surface area contributed by atoms with Crippen molar-refractivity contribution in [3.63, 3.8) is 0 Å². The van der Waals surface area contributed by atoms with Crippen molar-refractivity contribution in [1.29, 1.82) is 0 Å². The number of sulfonamides is 1. The van der Waals surface area contributed by atoms with Gasteiger partial charge in [0.1, 0.15) is 5.75 Å². The maximum Gasteiger partial charge on any atom is 0.285 e. The van der Waals surface area contributed by atoms with Gasteiger partial charge in [-0.25, -0.2) is 5.01 Å². The standard InChI is InChI=1S/C14H20N4O3S/c1-4-15-13(18-10-14(2,3)9-16-18)17-22(20,21)12-7-5-6-11(19)8-12/h5-9,19H,4,10H2,1-3H3,(H,15,17). The van der Waals surface area contributed by atoms with Gasteiger partial charge in [0.05, 0.1) is 11.4 Å². The van der Waals surface area contributed by atoms with Gasteiger partial charge >= 0.3 is 0 Å². The molecule has 0 fully saturated rings. The summed E-state index contributed by atoms with van der Waals surface area (Å²) in [6.07, 6.45) is 1.76. The van der Waals surface area contributed by atoms with Gasteiger partial charge in [-0.1, -0.05) is 19.9 Å². The van der Waals surface area contributed by atoms with E-state index < -0.39 is 10.0 Å². The summed E-state index contributed by atoms with van der Waals surface area (Å²) in [7, 11) is -3.93. The number of hydrazone groups is 1. The van der Waals surface area contributed by atoms with Gasteiger partial charge in [0.2, 0.25) is 5.96 Å². The molecular formula is C14H20N4O3S. The van der Waals surface area contributed by atoms with Crippen molar-refractivity contribution in [1.82, 2.24) is 10.3 Å². The second-order valence-corrected chi connectivity index (χ2v) is 7.31. The molecule has 2 N–H and O–H groups in total. The summed E-state index contributed by atoms with van der Waals surface area (Å²) < 4.78 is 28.6. The van der Waals surface area contributed by atoms with E-state index in [1.165, 1.54) is 29.3 Å². The van der Waals surface area contributed by atoms with Gasteiger partial charge in [0.25, 0.3) is 10.0 Å². The quantitative estimate of drug-likeness (QED) is 0.647. The average molecular weight is 324 g/mol. The van der Waals surface area contributed by atoms with Gasteiger partial charge in [-0.3, -0.25) is 0 Å². The lowest BCUT2D eigenvalue weighted by Crippen LogP contribution is -2.39. The summed E-state index contributed by atoms with van der Waals surface area (Å²) in [4.78, 5) is -0.0645. The summed E-state index contributed by atoms with van der Waals surface area (Å²) in [5, 5.41) is 18.1. The minimum Gasteiger partial charge on any atom is -0.508 e. The van der Waals surface area contributed by atoms with Crippen LogP contribution in [0.5, 0.6) is 5.75 Å². The van der Waals surface area contributed by atoms with Crippen molar-refractivity contribution in [3.8, 4) is 5.75 Å². The number of hydrogen-bond donors (Lipinski definition) is 2. The first-order chi connectivity index (χ1) is 10.2. The van der Waals surface area contributed by atoms with Gasteiger partial charge in [-0.2, -0.15) is 13.5 Å². The zero-order chi connectivity index (χ0) is 16.4. The van der Waals surface area contributed by atoms with Crippen molar-refractivity contribution in [2.45, 2.75) is 25.7 Å². The Hall–Kier alpha value is -2.09. The SMILES string of the molecule is CCN/C(=N/S(=O)(=O)c1cccc(O)c1)N1CC(C)(C)C=N1. The van der Waals surface area contributed by atoms with E-state index in [0.29, 0.717) is 13.1 Å². The molecule has 7 nitrogen and oxygen atoms in total. The van der Waals surface area contributed by atoms with Gasteiger partial charge in [-0.05, 0) is 19.1 Å². The Morgan fingerprint density at radius 3 is 2.77 bits per heavy atom. The van der Waals surface area contributed by atoms with Crippen LogP contribution in [0.1, 0.15) is 20.8 Å². The lowest BCUT2D eigenvalue weighted by molar-refractivity contribution is 0.376. The lowest BCUT2D eigenvalue weighted by atomic mass is 9.97. The fraction of sp³-hybridized carbons (Fsp3) is 0.429. The van der Waals surface area contributed by atoms with E-state index in [-0.39, 0.29) is 22.0 Å². The highest BCUT2D eigenvalue weighted by Crippen LogP contribution is 2.22. The predicted molar refractivity (Wildman–Crippen MR) is 85.4 cm³/mol. The Morgan fingerprint density at radius 2 is 2.23 bits per heavy atom. The molecule has 2 rings (SSSR count). The average Bonchev–Trinajstić information content (AvgIpc) is 2.78. The Kier molecular flexibility index (Phi) is 4.41. The molecule has 0 atom stereocenters. The molecular weight excluding hydrogens is 304 g/mol. The number of phenols is 1. The second-order valence-electron chi connectivity index (χ2n) is 5.71. The lowest BCUT2D eigenvalue weighted by Gasteiger charge is -2.21. The molecule has 0 unspecified atom stereocenters. The third-order valence-electron chi connectivity index (χ3n) is 3.01. The number of benzene rings is 1. The summed E-state index contributed by atoms with van der Waals surface area (Å²) >= 11 is 0. The molecule has 1 aromatic rings. The van der Waals surface area contributed by atoms with E-state index in [9.17, 15) is 13.5 Å². The smallest absolute Gasteiger partial charge is 0.285 e. The molecule has 0 saturated carbocycles. The molecule has 0 radical (unpaired) electrons. The first-order valence-corrected chi connectivity index (χ1v) is 8.38. The van der Waals surface area contributed by atoms with E-state index in [4.69, 9.17) is 0 Å². The van der Waals surface area contributed by atoms with E-state index in [2.05, 4.69) is 14.8 Å². The molecule has 120 valence electrons. The summed E-state index contributed by atoms with van der Waals surface area (Å²) in [5.41, 5.74) is -0.148. The van der Waals surface area contributed by atoms with Crippen LogP contribution in [0.25, 0.3) is 0 Å². The highest BCUT2D eigenvalue weighted by molar-refractivity contribution is 7.90. The normalized spacial score (nSPS) is 17.8. The number of hydrogen-bond acceptors (Lipinski definition) is 4. The van der Waals surface area contributed by atoms with Crippen LogP contribution in [0.15, 0.2) is 38.7 Å². The molecule has 1 aliphatic rings. The molecule has 22 heavy (non-hydrogen) atoms. The molecule has 0 amide bonds. The van der Waals surface area contributed by atoms with Gasteiger partial charge in [-0.15, -0.1) is 4.40 Å². The Labute approximate surface area is 130 Å². The molecule has 8 heteroatoms. The zero-order valence-electron chi connectivity index (χ0n) is 12.8. The second kappa shape index (κ2) is 5.96. The fourth-order valence-electron chi connectivity index (χ4n) is 1.96. The third kappa shape index (κ3) is 3.76. The maximum absolute atomic E-state index is 12.4. The molecule has 0 aromatic heterocycles. The highest BCUT2D eigenvalue weighted by Gasteiger charge is 2.29. The van der Waals surface area contributed by atoms with Gasteiger partial charge in [0.15, 0.2) is 0 Å². The van der Waals surface area contributed by atoms with Crippen LogP contribution in [0.3, 0.4) is 0 Å². The van der Waals surface area contributed by atoms with Crippen molar-refractivity contribution in [2.24, 2.45) is 14.9 Å². The largest absolute Gasteiger partial charge is 0.508 e. The first-order valence-electron chi connectivity index (χ1n) is 6.94.